The Morgan fingerprint density at radius 2 is 2.26 bits per heavy atom. The summed E-state index contributed by atoms with van der Waals surface area (Å²) in [4.78, 5) is 17.2. The number of rotatable bonds is 3. The quantitative estimate of drug-likeness (QED) is 0.745. The van der Waals surface area contributed by atoms with Crippen molar-refractivity contribution >= 4 is 55.9 Å². The number of hydrogen-bond acceptors (Lipinski definition) is 7. The molecule has 1 aliphatic rings. The molecular formula is C15H11BrN2O3S2. The second-order valence-corrected chi connectivity index (χ2v) is 7.56. The largest absolute Gasteiger partial charge is 0.503 e. The smallest absolute Gasteiger partial charge is 0.186 e. The molecule has 2 aromatic rings. The maximum absolute atomic E-state index is 12.6. The number of phenols is 1. The van der Waals surface area contributed by atoms with Crippen LogP contribution in [0.15, 0.2) is 33.1 Å². The van der Waals surface area contributed by atoms with Gasteiger partial charge in [-0.1, -0.05) is 11.8 Å². The average molecular weight is 411 g/mol. The lowest BCUT2D eigenvalue weighted by Crippen LogP contribution is -2.11. The van der Waals surface area contributed by atoms with Crippen molar-refractivity contribution in [2.45, 2.75) is 5.92 Å². The lowest BCUT2D eigenvalue weighted by Gasteiger charge is -2.07. The molecule has 1 fully saturated rings. The van der Waals surface area contributed by atoms with Crippen LogP contribution in [-0.2, 0) is 4.79 Å². The van der Waals surface area contributed by atoms with Gasteiger partial charge in [0.05, 0.1) is 21.5 Å². The fourth-order valence-electron chi connectivity index (χ4n) is 2.18. The van der Waals surface area contributed by atoms with Crippen LogP contribution in [0, 0.1) is 5.41 Å². The second-order valence-electron chi connectivity index (χ2n) is 4.70. The number of carbonyl (C=O) groups is 1. The number of ether oxygens (including phenoxy) is 1. The van der Waals surface area contributed by atoms with E-state index in [4.69, 9.17) is 10.1 Å². The summed E-state index contributed by atoms with van der Waals surface area (Å²) in [6, 6.07) is 3.33. The van der Waals surface area contributed by atoms with Crippen LogP contribution in [0.3, 0.4) is 0 Å². The van der Waals surface area contributed by atoms with Crippen molar-refractivity contribution < 1.29 is 14.6 Å². The third-order valence-electron chi connectivity index (χ3n) is 3.25. The van der Waals surface area contributed by atoms with Gasteiger partial charge in [-0.05, 0) is 39.7 Å². The van der Waals surface area contributed by atoms with E-state index in [2.05, 4.69) is 20.9 Å². The van der Waals surface area contributed by atoms with Gasteiger partial charge < -0.3 is 9.84 Å². The molecule has 0 bridgehead atoms. The molecule has 3 rings (SSSR count). The minimum atomic E-state index is -0.603. The van der Waals surface area contributed by atoms with Crippen molar-refractivity contribution in [1.29, 1.82) is 5.41 Å². The Morgan fingerprint density at radius 1 is 1.48 bits per heavy atom. The molecule has 0 spiro atoms. The Labute approximate surface area is 149 Å². The van der Waals surface area contributed by atoms with E-state index in [0.717, 1.165) is 11.8 Å². The van der Waals surface area contributed by atoms with Gasteiger partial charge in [0.2, 0.25) is 0 Å². The summed E-state index contributed by atoms with van der Waals surface area (Å²) in [7, 11) is 1.46. The number of carbonyl (C=O) groups excluding carboxylic acids is 1. The Morgan fingerprint density at radius 3 is 2.91 bits per heavy atom. The first kappa shape index (κ1) is 16.2. The number of phenolic OH excluding ortho intramolecular Hbond substituents is 1. The van der Waals surface area contributed by atoms with Crippen LogP contribution in [0.1, 0.15) is 16.5 Å². The first-order valence-corrected chi connectivity index (χ1v) is 8.98. The molecule has 118 valence electrons. The minimum Gasteiger partial charge on any atom is -0.503 e. The summed E-state index contributed by atoms with van der Waals surface area (Å²) in [5.41, 5.74) is 0.704. The van der Waals surface area contributed by atoms with Crippen molar-refractivity contribution in [3.8, 4) is 11.5 Å². The maximum atomic E-state index is 12.6. The van der Waals surface area contributed by atoms with Crippen LogP contribution in [0.4, 0.5) is 0 Å². The number of thiazole rings is 1. The zero-order chi connectivity index (χ0) is 16.6. The molecule has 0 aliphatic carbocycles. The Balaban J connectivity index is 1.97. The lowest BCUT2D eigenvalue weighted by molar-refractivity contribution is -0.114. The van der Waals surface area contributed by atoms with E-state index < -0.39 is 5.92 Å². The SMILES string of the molecule is COc1cc(C=C2SC(=N)C(c3nccs3)C2=O)cc(Br)c1O. The summed E-state index contributed by atoms with van der Waals surface area (Å²) in [6.07, 6.45) is 3.33. The third-order valence-corrected chi connectivity index (χ3v) is 5.69. The number of thioether (sulfide) groups is 1. The van der Waals surface area contributed by atoms with E-state index in [1.165, 1.54) is 18.4 Å². The van der Waals surface area contributed by atoms with Crippen molar-refractivity contribution in [1.82, 2.24) is 4.98 Å². The van der Waals surface area contributed by atoms with Crippen LogP contribution in [0.5, 0.6) is 11.5 Å². The Bertz CT molecular complexity index is 818. The first-order chi connectivity index (χ1) is 11.0. The number of methoxy groups -OCH3 is 1. The number of hydrogen-bond donors (Lipinski definition) is 2. The number of nitrogens with one attached hydrogen (secondary N) is 1. The molecule has 0 saturated carbocycles. The first-order valence-electron chi connectivity index (χ1n) is 6.49. The molecule has 1 aliphatic heterocycles. The topological polar surface area (TPSA) is 83.3 Å². The molecule has 8 heteroatoms. The highest BCUT2D eigenvalue weighted by molar-refractivity contribution is 9.10. The van der Waals surface area contributed by atoms with E-state index in [9.17, 15) is 9.90 Å². The molecule has 2 N–H and O–H groups in total. The molecule has 2 heterocycles. The highest BCUT2D eigenvalue weighted by atomic mass is 79.9. The number of aromatic nitrogens is 1. The molecule has 1 saturated heterocycles. The Hall–Kier alpha value is -1.64. The van der Waals surface area contributed by atoms with Gasteiger partial charge in [-0.2, -0.15) is 0 Å². The summed E-state index contributed by atoms with van der Waals surface area (Å²) < 4.78 is 5.58. The van der Waals surface area contributed by atoms with E-state index in [1.807, 2.05) is 0 Å². The molecule has 0 amide bonds. The monoisotopic (exact) mass is 410 g/mol. The van der Waals surface area contributed by atoms with Gasteiger partial charge in [-0.15, -0.1) is 11.3 Å². The minimum absolute atomic E-state index is 0.00783. The van der Waals surface area contributed by atoms with Gasteiger partial charge in [-0.3, -0.25) is 10.2 Å². The number of benzene rings is 1. The van der Waals surface area contributed by atoms with Crippen LogP contribution < -0.4 is 4.74 Å². The van der Waals surface area contributed by atoms with E-state index in [1.54, 1.807) is 29.8 Å². The molecule has 1 atom stereocenters. The average Bonchev–Trinajstić information content (AvgIpc) is 3.12. The van der Waals surface area contributed by atoms with Crippen LogP contribution in [0.2, 0.25) is 0 Å². The number of allylic oxidation sites excluding steroid dienone is 1. The standard InChI is InChI=1S/C15H11BrN2O3S2/c1-21-9-5-7(4-8(16)12(9)19)6-10-13(20)11(14(17)23-10)15-18-2-3-22-15/h2-6,11,17,19H,1H3. The van der Waals surface area contributed by atoms with Gasteiger partial charge in [0.1, 0.15) is 10.9 Å². The van der Waals surface area contributed by atoms with Gasteiger partial charge >= 0.3 is 0 Å². The van der Waals surface area contributed by atoms with E-state index in [0.29, 0.717) is 25.7 Å². The van der Waals surface area contributed by atoms with Gasteiger partial charge in [0, 0.05) is 11.6 Å². The normalized spacial score (nSPS) is 19.6. The molecule has 1 aromatic heterocycles. The van der Waals surface area contributed by atoms with Gasteiger partial charge in [0.25, 0.3) is 0 Å². The zero-order valence-corrected chi connectivity index (χ0v) is 15.1. The van der Waals surface area contributed by atoms with Gasteiger partial charge in [-0.25, -0.2) is 4.98 Å². The Kier molecular flexibility index (Phi) is 4.56. The number of Topliss-reactive ketones (excluding diaryl/α,β-unsaturated/α-hetero) is 1. The summed E-state index contributed by atoms with van der Waals surface area (Å²) in [5.74, 6) is -0.409. The number of ketones is 1. The van der Waals surface area contributed by atoms with Crippen LogP contribution >= 0.6 is 39.0 Å². The lowest BCUT2D eigenvalue weighted by atomic mass is 10.0. The fourth-order valence-corrected chi connectivity index (χ4v) is 4.44. The molecule has 23 heavy (non-hydrogen) atoms. The van der Waals surface area contributed by atoms with Crippen molar-refractivity contribution in [3.63, 3.8) is 0 Å². The van der Waals surface area contributed by atoms with Crippen molar-refractivity contribution in [2.75, 3.05) is 7.11 Å². The maximum Gasteiger partial charge on any atom is 0.186 e. The summed E-state index contributed by atoms with van der Waals surface area (Å²) in [6.45, 7) is 0. The zero-order valence-electron chi connectivity index (χ0n) is 11.9. The molecular weight excluding hydrogens is 400 g/mol. The van der Waals surface area contributed by atoms with Crippen LogP contribution in [-0.4, -0.2) is 28.0 Å². The summed E-state index contributed by atoms with van der Waals surface area (Å²) >= 11 is 5.77. The van der Waals surface area contributed by atoms with Crippen LogP contribution in [0.25, 0.3) is 6.08 Å². The van der Waals surface area contributed by atoms with E-state index in [-0.39, 0.29) is 16.6 Å². The highest BCUT2D eigenvalue weighted by Crippen LogP contribution is 2.42. The van der Waals surface area contributed by atoms with Crippen molar-refractivity contribution in [3.05, 3.63) is 43.7 Å². The number of halogens is 1. The van der Waals surface area contributed by atoms with Crippen molar-refractivity contribution in [2.24, 2.45) is 0 Å². The van der Waals surface area contributed by atoms with E-state index >= 15 is 0 Å². The third kappa shape index (κ3) is 3.06. The summed E-state index contributed by atoms with van der Waals surface area (Å²) in [5, 5.41) is 20.6. The molecule has 0 radical (unpaired) electrons. The number of aromatic hydroxyl groups is 1. The predicted octanol–water partition coefficient (Wildman–Crippen LogP) is 4.04. The highest BCUT2D eigenvalue weighted by Gasteiger charge is 2.38. The molecule has 1 unspecified atom stereocenters. The predicted molar refractivity (Wildman–Crippen MR) is 95.5 cm³/mol. The fraction of sp³-hybridized carbons (Fsp3) is 0.133. The molecule has 1 aromatic carbocycles. The second kappa shape index (κ2) is 6.46. The number of nitrogens with zero attached hydrogens (tertiary/aromatic N) is 1. The van der Waals surface area contributed by atoms with Gasteiger partial charge in [0.15, 0.2) is 17.3 Å². The molecule has 5 nitrogen and oxygen atoms in total.